The smallest absolute Gasteiger partial charge is 0.164 e. The quantitative estimate of drug-likeness (QED) is 0.159. The van der Waals surface area contributed by atoms with Crippen LogP contribution in [-0.4, -0.2) is 15.0 Å². The van der Waals surface area contributed by atoms with Gasteiger partial charge in [-0.05, 0) is 80.6 Å². The van der Waals surface area contributed by atoms with Gasteiger partial charge in [0.2, 0.25) is 0 Å². The molecule has 0 saturated carbocycles. The molecule has 3 nitrogen and oxygen atoms in total. The van der Waals surface area contributed by atoms with E-state index in [1.807, 2.05) is 6.07 Å². The van der Waals surface area contributed by atoms with E-state index >= 15 is 0 Å². The molecule has 7 aromatic carbocycles. The third-order valence-electron chi connectivity index (χ3n) is 10.0. The molecule has 0 bridgehead atoms. The fourth-order valence-corrected chi connectivity index (χ4v) is 7.32. The summed E-state index contributed by atoms with van der Waals surface area (Å²) in [4.78, 5) is 16.0. The van der Waals surface area contributed by atoms with Gasteiger partial charge in [0.05, 0.1) is 0 Å². The summed E-state index contributed by atoms with van der Waals surface area (Å²) < 4.78 is 0. The molecule has 0 fully saturated rings. The first kappa shape index (κ1) is 32.9. The van der Waals surface area contributed by atoms with Crippen molar-refractivity contribution < 1.29 is 0 Å². The Balaban J connectivity index is 1.29. The summed E-state index contributed by atoms with van der Waals surface area (Å²) >= 11 is 0. The Labute approximate surface area is 316 Å². The van der Waals surface area contributed by atoms with E-state index in [0.29, 0.717) is 17.5 Å². The maximum atomic E-state index is 5.38. The molecule has 3 heteroatoms. The van der Waals surface area contributed by atoms with Gasteiger partial charge in [-0.1, -0.05) is 188 Å². The molecule has 0 radical (unpaired) electrons. The Bertz CT molecular complexity index is 2640. The average molecular weight is 692 g/mol. The lowest BCUT2D eigenvalue weighted by Gasteiger charge is -2.17. The molecule has 256 valence electrons. The maximum absolute atomic E-state index is 5.38. The molecule has 1 aromatic heterocycles. The largest absolute Gasteiger partial charge is 0.208 e. The SMILES string of the molecule is C1=CC(c2ccc(-c3ccccc3)c(-c3nc(-c4cccc(-c5ccccc5)c4)nc(-c4ccccc4-c4ccccc4-c4ccccc4)n3)c2)=CCC1. The highest BCUT2D eigenvalue weighted by molar-refractivity contribution is 5.92. The van der Waals surface area contributed by atoms with Crippen LogP contribution >= 0.6 is 0 Å². The van der Waals surface area contributed by atoms with E-state index in [9.17, 15) is 0 Å². The molecule has 0 saturated heterocycles. The molecule has 54 heavy (non-hydrogen) atoms. The van der Waals surface area contributed by atoms with Crippen LogP contribution in [0.15, 0.2) is 200 Å². The second-order valence-corrected chi connectivity index (χ2v) is 13.5. The number of benzene rings is 7. The van der Waals surface area contributed by atoms with E-state index in [2.05, 4.69) is 194 Å². The fraction of sp³-hybridized carbons (Fsp3) is 0.0392. The van der Waals surface area contributed by atoms with Gasteiger partial charge in [-0.3, -0.25) is 0 Å². The van der Waals surface area contributed by atoms with Crippen LogP contribution in [0.4, 0.5) is 0 Å². The summed E-state index contributed by atoms with van der Waals surface area (Å²) in [6, 6.07) is 63.8. The lowest BCUT2D eigenvalue weighted by atomic mass is 9.91. The van der Waals surface area contributed by atoms with Crippen molar-refractivity contribution in [3.05, 3.63) is 206 Å². The van der Waals surface area contributed by atoms with Gasteiger partial charge in [-0.2, -0.15) is 0 Å². The number of hydrogen-bond acceptors (Lipinski definition) is 3. The highest BCUT2D eigenvalue weighted by Crippen LogP contribution is 2.40. The van der Waals surface area contributed by atoms with Crippen LogP contribution in [0, 0.1) is 0 Å². The Morgan fingerprint density at radius 3 is 1.44 bits per heavy atom. The lowest BCUT2D eigenvalue weighted by Crippen LogP contribution is -2.03. The predicted molar refractivity (Wildman–Crippen MR) is 224 cm³/mol. The van der Waals surface area contributed by atoms with Crippen LogP contribution in [0.3, 0.4) is 0 Å². The van der Waals surface area contributed by atoms with E-state index in [1.165, 1.54) is 5.57 Å². The van der Waals surface area contributed by atoms with Crippen molar-refractivity contribution in [1.82, 2.24) is 15.0 Å². The van der Waals surface area contributed by atoms with Crippen LogP contribution in [0.1, 0.15) is 18.4 Å². The molecular weight excluding hydrogens is 655 g/mol. The fourth-order valence-electron chi connectivity index (χ4n) is 7.32. The highest BCUT2D eigenvalue weighted by Gasteiger charge is 2.20. The molecule has 1 aliphatic carbocycles. The van der Waals surface area contributed by atoms with Crippen molar-refractivity contribution in [2.75, 3.05) is 0 Å². The Morgan fingerprint density at radius 1 is 0.296 bits per heavy atom. The van der Waals surface area contributed by atoms with Crippen LogP contribution in [0.25, 0.3) is 84.2 Å². The molecule has 0 spiro atoms. The predicted octanol–water partition coefficient (Wildman–Crippen LogP) is 13.3. The van der Waals surface area contributed by atoms with Crippen molar-refractivity contribution in [2.24, 2.45) is 0 Å². The monoisotopic (exact) mass is 691 g/mol. The van der Waals surface area contributed by atoms with Gasteiger partial charge < -0.3 is 0 Å². The summed E-state index contributed by atoms with van der Waals surface area (Å²) in [5, 5.41) is 0. The van der Waals surface area contributed by atoms with Crippen molar-refractivity contribution >= 4 is 5.57 Å². The van der Waals surface area contributed by atoms with Crippen LogP contribution in [0.2, 0.25) is 0 Å². The summed E-state index contributed by atoms with van der Waals surface area (Å²) in [6.07, 6.45) is 8.89. The van der Waals surface area contributed by atoms with Crippen molar-refractivity contribution in [3.63, 3.8) is 0 Å². The third-order valence-corrected chi connectivity index (χ3v) is 10.0. The summed E-state index contributed by atoms with van der Waals surface area (Å²) in [5.74, 6) is 1.88. The van der Waals surface area contributed by atoms with Gasteiger partial charge in [0.25, 0.3) is 0 Å². The molecule has 0 atom stereocenters. The van der Waals surface area contributed by atoms with E-state index in [4.69, 9.17) is 15.0 Å². The van der Waals surface area contributed by atoms with Gasteiger partial charge >= 0.3 is 0 Å². The molecular formula is C51H37N3. The van der Waals surface area contributed by atoms with Crippen molar-refractivity contribution in [2.45, 2.75) is 12.8 Å². The standard InChI is InChI=1S/C51H37N3/c1-5-18-36(19-6-1)40-26-17-27-42(34-40)49-52-50(47-31-16-15-30-46(47)45-29-14-13-28-43(45)38-22-9-3-10-23-38)54-51(53-49)48-35-41(37-20-7-2-8-21-37)32-33-44(48)39-24-11-4-12-25-39/h1,3-7,9-35H,2,8H2. The summed E-state index contributed by atoms with van der Waals surface area (Å²) in [7, 11) is 0. The Morgan fingerprint density at radius 2 is 0.796 bits per heavy atom. The van der Waals surface area contributed by atoms with E-state index in [0.717, 1.165) is 79.6 Å². The van der Waals surface area contributed by atoms with Gasteiger partial charge in [-0.25, -0.2) is 15.0 Å². The number of aromatic nitrogens is 3. The average Bonchev–Trinajstić information content (AvgIpc) is 3.27. The molecule has 0 amide bonds. The lowest BCUT2D eigenvalue weighted by molar-refractivity contribution is 1.04. The first-order chi connectivity index (χ1) is 26.8. The first-order valence-electron chi connectivity index (χ1n) is 18.5. The van der Waals surface area contributed by atoms with Crippen LogP contribution < -0.4 is 0 Å². The summed E-state index contributed by atoms with van der Waals surface area (Å²) in [6.45, 7) is 0. The number of nitrogens with zero attached hydrogens (tertiary/aromatic N) is 3. The summed E-state index contributed by atoms with van der Waals surface area (Å²) in [5.41, 5.74) is 14.1. The molecule has 0 unspecified atom stereocenters. The molecule has 0 N–H and O–H groups in total. The minimum atomic E-state index is 0.625. The molecule has 8 aromatic rings. The zero-order chi connectivity index (χ0) is 36.1. The van der Waals surface area contributed by atoms with Gasteiger partial charge in [0.15, 0.2) is 17.5 Å². The molecule has 1 heterocycles. The number of hydrogen-bond donors (Lipinski definition) is 0. The second kappa shape index (κ2) is 14.9. The molecule has 1 aliphatic rings. The third kappa shape index (κ3) is 6.71. The Hall–Kier alpha value is -6.97. The minimum absolute atomic E-state index is 0.625. The van der Waals surface area contributed by atoms with Gasteiger partial charge in [0, 0.05) is 16.7 Å². The number of allylic oxidation sites excluding steroid dienone is 4. The van der Waals surface area contributed by atoms with Crippen molar-refractivity contribution in [1.29, 1.82) is 0 Å². The normalized spacial score (nSPS) is 12.3. The first-order valence-corrected chi connectivity index (χ1v) is 18.5. The van der Waals surface area contributed by atoms with Crippen LogP contribution in [0.5, 0.6) is 0 Å². The van der Waals surface area contributed by atoms with Gasteiger partial charge in [-0.15, -0.1) is 0 Å². The zero-order valence-electron chi connectivity index (χ0n) is 29.8. The highest BCUT2D eigenvalue weighted by atomic mass is 15.0. The van der Waals surface area contributed by atoms with E-state index in [1.54, 1.807) is 0 Å². The Kier molecular flexibility index (Phi) is 9.11. The molecule has 0 aliphatic heterocycles. The molecule has 9 rings (SSSR count). The zero-order valence-corrected chi connectivity index (χ0v) is 29.8. The van der Waals surface area contributed by atoms with E-state index in [-0.39, 0.29) is 0 Å². The van der Waals surface area contributed by atoms with E-state index < -0.39 is 0 Å². The maximum Gasteiger partial charge on any atom is 0.164 e. The second-order valence-electron chi connectivity index (χ2n) is 13.5. The minimum Gasteiger partial charge on any atom is -0.208 e. The number of rotatable bonds is 8. The topological polar surface area (TPSA) is 38.7 Å². The van der Waals surface area contributed by atoms with Gasteiger partial charge in [0.1, 0.15) is 0 Å². The van der Waals surface area contributed by atoms with Crippen molar-refractivity contribution in [3.8, 4) is 78.7 Å². The van der Waals surface area contributed by atoms with Crippen LogP contribution in [-0.2, 0) is 0 Å².